The van der Waals surface area contributed by atoms with Crippen LogP contribution in [0, 0.1) is 0 Å². The first-order valence-electron chi connectivity index (χ1n) is 7.54. The normalized spacial score (nSPS) is 10.4. The number of hydrogen-bond acceptors (Lipinski definition) is 5. The first kappa shape index (κ1) is 19.7. The predicted molar refractivity (Wildman–Crippen MR) is 90.3 cm³/mol. The summed E-state index contributed by atoms with van der Waals surface area (Å²) in [5.74, 6) is -1.36. The van der Waals surface area contributed by atoms with Crippen molar-refractivity contribution in [1.82, 2.24) is 5.32 Å². The predicted octanol–water partition coefficient (Wildman–Crippen LogP) is 2.36. The van der Waals surface area contributed by atoms with Crippen LogP contribution < -0.4 is 5.32 Å². The lowest BCUT2D eigenvalue weighted by Crippen LogP contribution is -2.29. The van der Waals surface area contributed by atoms with Crippen LogP contribution in [0.25, 0.3) is 6.08 Å². The number of benzene rings is 1. The zero-order valence-corrected chi connectivity index (χ0v) is 14.2. The molecule has 0 aliphatic heterocycles. The molecule has 130 valence electrons. The van der Waals surface area contributed by atoms with Crippen molar-refractivity contribution in [1.29, 1.82) is 0 Å². The molecule has 1 aromatic rings. The lowest BCUT2D eigenvalue weighted by atomic mass is 10.2. The highest BCUT2D eigenvalue weighted by Gasteiger charge is 2.06. The lowest BCUT2D eigenvalue weighted by molar-refractivity contribution is -0.143. The lowest BCUT2D eigenvalue weighted by Gasteiger charge is -2.05. The molecule has 0 heterocycles. The molecule has 0 bridgehead atoms. The Bertz CT molecular complexity index is 600. The molecular formula is C17H20ClNO5. The Morgan fingerprint density at radius 2 is 2.04 bits per heavy atom. The van der Waals surface area contributed by atoms with Crippen molar-refractivity contribution in [3.05, 3.63) is 40.9 Å². The molecule has 24 heavy (non-hydrogen) atoms. The van der Waals surface area contributed by atoms with Gasteiger partial charge in [0, 0.05) is 24.1 Å². The maximum absolute atomic E-state index is 11.5. The summed E-state index contributed by atoms with van der Waals surface area (Å²) in [5, 5.41) is 3.11. The van der Waals surface area contributed by atoms with E-state index < -0.39 is 11.9 Å². The largest absolute Gasteiger partial charge is 0.466 e. The summed E-state index contributed by atoms with van der Waals surface area (Å²) in [6.45, 7) is 2.00. The van der Waals surface area contributed by atoms with Crippen LogP contribution >= 0.6 is 11.6 Å². The molecule has 0 aliphatic rings. The minimum atomic E-state index is -0.628. The molecule has 7 heteroatoms. The van der Waals surface area contributed by atoms with E-state index in [1.807, 2.05) is 0 Å². The van der Waals surface area contributed by atoms with Gasteiger partial charge in [0.05, 0.1) is 6.61 Å². The molecule has 0 fully saturated rings. The van der Waals surface area contributed by atoms with Crippen LogP contribution in [0.5, 0.6) is 0 Å². The van der Waals surface area contributed by atoms with Crippen LogP contribution in [0.1, 0.15) is 25.3 Å². The van der Waals surface area contributed by atoms with Crippen molar-refractivity contribution in [2.24, 2.45) is 0 Å². The minimum absolute atomic E-state index is 0.232. The summed E-state index contributed by atoms with van der Waals surface area (Å²) >= 11 is 5.83. The Kier molecular flexibility index (Phi) is 9.23. The second-order valence-corrected chi connectivity index (χ2v) is 5.19. The zero-order valence-electron chi connectivity index (χ0n) is 13.4. The van der Waals surface area contributed by atoms with E-state index in [-0.39, 0.29) is 19.0 Å². The Hall–Kier alpha value is -2.34. The van der Waals surface area contributed by atoms with Crippen molar-refractivity contribution in [2.45, 2.75) is 19.8 Å². The Labute approximate surface area is 145 Å². The highest BCUT2D eigenvalue weighted by molar-refractivity contribution is 6.30. The van der Waals surface area contributed by atoms with Gasteiger partial charge in [-0.25, -0.2) is 4.79 Å². The fraction of sp³-hybridized carbons (Fsp3) is 0.353. The molecule has 1 amide bonds. The number of carbonyl (C=O) groups is 3. The molecule has 0 aromatic heterocycles. The molecule has 0 saturated heterocycles. The van der Waals surface area contributed by atoms with E-state index in [0.717, 1.165) is 5.56 Å². The second kappa shape index (κ2) is 11.2. The van der Waals surface area contributed by atoms with Gasteiger partial charge in [-0.15, -0.1) is 0 Å². The first-order chi connectivity index (χ1) is 11.5. The minimum Gasteiger partial charge on any atom is -0.466 e. The average molecular weight is 354 g/mol. The molecule has 0 unspecified atom stereocenters. The van der Waals surface area contributed by atoms with Crippen LogP contribution in [0.3, 0.4) is 0 Å². The third kappa shape index (κ3) is 8.95. The number of carbonyl (C=O) groups excluding carboxylic acids is 3. The molecule has 1 N–H and O–H groups in total. The zero-order chi connectivity index (χ0) is 17.8. The van der Waals surface area contributed by atoms with Crippen molar-refractivity contribution >= 4 is 35.5 Å². The van der Waals surface area contributed by atoms with Gasteiger partial charge in [-0.1, -0.05) is 23.7 Å². The fourth-order valence-corrected chi connectivity index (χ4v) is 1.90. The van der Waals surface area contributed by atoms with Crippen LogP contribution in [0.4, 0.5) is 0 Å². The van der Waals surface area contributed by atoms with Gasteiger partial charge in [0.25, 0.3) is 5.91 Å². The first-order valence-corrected chi connectivity index (χ1v) is 7.91. The summed E-state index contributed by atoms with van der Waals surface area (Å²) in [7, 11) is 0. The van der Waals surface area contributed by atoms with E-state index in [1.165, 1.54) is 6.08 Å². The van der Waals surface area contributed by atoms with E-state index in [9.17, 15) is 14.4 Å². The number of amides is 1. The third-order valence-electron chi connectivity index (χ3n) is 2.79. The van der Waals surface area contributed by atoms with Gasteiger partial charge in [0.15, 0.2) is 6.61 Å². The monoisotopic (exact) mass is 353 g/mol. The number of ether oxygens (including phenoxy) is 2. The van der Waals surface area contributed by atoms with Gasteiger partial charge in [-0.3, -0.25) is 9.59 Å². The molecule has 0 aliphatic carbocycles. The maximum atomic E-state index is 11.5. The van der Waals surface area contributed by atoms with Gasteiger partial charge >= 0.3 is 11.9 Å². The standard InChI is InChI=1S/C17H20ClNO5/c1-2-23-16(21)7-4-10-19-15(20)12-24-17(22)9-8-13-5-3-6-14(18)11-13/h3,5-6,8-9,11H,2,4,7,10,12H2,1H3,(H,19,20). The Morgan fingerprint density at radius 1 is 1.25 bits per heavy atom. The van der Waals surface area contributed by atoms with Crippen LogP contribution in [-0.4, -0.2) is 37.6 Å². The topological polar surface area (TPSA) is 81.7 Å². The summed E-state index contributed by atoms with van der Waals surface area (Å²) in [5.41, 5.74) is 0.753. The summed E-state index contributed by atoms with van der Waals surface area (Å²) < 4.78 is 9.57. The molecule has 0 saturated carbocycles. The number of rotatable bonds is 9. The van der Waals surface area contributed by atoms with Gasteiger partial charge in [-0.2, -0.15) is 0 Å². The van der Waals surface area contributed by atoms with E-state index in [1.54, 1.807) is 37.3 Å². The fourth-order valence-electron chi connectivity index (χ4n) is 1.70. The maximum Gasteiger partial charge on any atom is 0.331 e. The van der Waals surface area contributed by atoms with E-state index >= 15 is 0 Å². The quantitative estimate of drug-likeness (QED) is 0.418. The van der Waals surface area contributed by atoms with Crippen LogP contribution in [0.15, 0.2) is 30.3 Å². The number of halogens is 1. The van der Waals surface area contributed by atoms with Crippen molar-refractivity contribution in [3.8, 4) is 0 Å². The summed E-state index contributed by atoms with van der Waals surface area (Å²) in [6.07, 6.45) is 3.47. The number of esters is 2. The number of nitrogens with one attached hydrogen (secondary N) is 1. The highest BCUT2D eigenvalue weighted by Crippen LogP contribution is 2.11. The molecule has 0 radical (unpaired) electrons. The second-order valence-electron chi connectivity index (χ2n) is 4.75. The van der Waals surface area contributed by atoms with E-state index in [0.29, 0.717) is 24.6 Å². The van der Waals surface area contributed by atoms with Crippen LogP contribution in [0.2, 0.25) is 5.02 Å². The van der Waals surface area contributed by atoms with Crippen molar-refractivity contribution < 1.29 is 23.9 Å². The third-order valence-corrected chi connectivity index (χ3v) is 3.03. The average Bonchev–Trinajstić information content (AvgIpc) is 2.55. The molecule has 0 atom stereocenters. The van der Waals surface area contributed by atoms with Gasteiger partial charge in [0.1, 0.15) is 0 Å². The number of hydrogen-bond donors (Lipinski definition) is 1. The van der Waals surface area contributed by atoms with Gasteiger partial charge in [-0.05, 0) is 37.1 Å². The molecule has 1 rings (SSSR count). The van der Waals surface area contributed by atoms with E-state index in [4.69, 9.17) is 21.1 Å². The Balaban J connectivity index is 2.19. The van der Waals surface area contributed by atoms with Crippen molar-refractivity contribution in [2.75, 3.05) is 19.8 Å². The van der Waals surface area contributed by atoms with Gasteiger partial charge < -0.3 is 14.8 Å². The van der Waals surface area contributed by atoms with E-state index in [2.05, 4.69) is 5.32 Å². The SMILES string of the molecule is CCOC(=O)CCCNC(=O)COC(=O)C=Cc1cccc(Cl)c1. The highest BCUT2D eigenvalue weighted by atomic mass is 35.5. The molecule has 0 spiro atoms. The molecule has 1 aromatic carbocycles. The van der Waals surface area contributed by atoms with Crippen molar-refractivity contribution in [3.63, 3.8) is 0 Å². The molecular weight excluding hydrogens is 334 g/mol. The summed E-state index contributed by atoms with van der Waals surface area (Å²) in [6, 6.07) is 6.97. The molecule has 6 nitrogen and oxygen atoms in total. The summed E-state index contributed by atoms with van der Waals surface area (Å²) in [4.78, 5) is 34.1. The van der Waals surface area contributed by atoms with Crippen LogP contribution in [-0.2, 0) is 23.9 Å². The Morgan fingerprint density at radius 3 is 2.75 bits per heavy atom. The van der Waals surface area contributed by atoms with Gasteiger partial charge in [0.2, 0.25) is 0 Å². The smallest absolute Gasteiger partial charge is 0.331 e.